The lowest BCUT2D eigenvalue weighted by molar-refractivity contribution is -0.171. The van der Waals surface area contributed by atoms with Crippen molar-refractivity contribution in [3.05, 3.63) is 89.6 Å². The number of hydrogen-bond donors (Lipinski definition) is 1. The fraction of sp³-hybridized carbons (Fsp3) is 0.333. The molecule has 1 aromatic heterocycles. The fourth-order valence-corrected chi connectivity index (χ4v) is 4.54. The minimum Gasteiger partial charge on any atom is -0.497 e. The maximum absolute atomic E-state index is 13.2. The molecule has 0 radical (unpaired) electrons. The van der Waals surface area contributed by atoms with Gasteiger partial charge in [0.15, 0.2) is 0 Å². The molecule has 4 rings (SSSR count). The van der Waals surface area contributed by atoms with E-state index in [4.69, 9.17) is 9.47 Å². The number of carbonyl (C=O) groups excluding carboxylic acids is 2. The Kier molecular flexibility index (Phi) is 8.18. The van der Waals surface area contributed by atoms with Crippen LogP contribution in [0.5, 0.6) is 5.75 Å². The summed E-state index contributed by atoms with van der Waals surface area (Å²) in [6.45, 7) is 5.80. The van der Waals surface area contributed by atoms with Gasteiger partial charge in [0.05, 0.1) is 19.6 Å². The summed E-state index contributed by atoms with van der Waals surface area (Å²) in [5, 5.41) is 9.89. The van der Waals surface area contributed by atoms with Crippen LogP contribution in [0.25, 0.3) is 0 Å². The summed E-state index contributed by atoms with van der Waals surface area (Å²) in [4.78, 5) is 45.5. The zero-order valence-corrected chi connectivity index (χ0v) is 22.5. The van der Waals surface area contributed by atoms with Crippen molar-refractivity contribution in [2.45, 2.75) is 51.9 Å². The highest BCUT2D eigenvalue weighted by Crippen LogP contribution is 2.33. The van der Waals surface area contributed by atoms with Gasteiger partial charge in [-0.3, -0.25) is 9.69 Å². The summed E-state index contributed by atoms with van der Waals surface area (Å²) in [6.07, 6.45) is 1.19. The molecule has 1 fully saturated rings. The average molecular weight is 532 g/mol. The molecule has 0 bridgehead atoms. The standard InChI is InChI=1S/C30H33N3O6/c1-30(2,3)39-29(37)32(18-21-10-12-23(38-4)13-11-21)25-17-22(14-15-31-25)16-24-26(28(35)36)33(27(24)34)19-20-8-6-5-7-9-20/h5-15,17,24,26H,16,18-19H2,1-4H3,(H,35,36)/t24-,26+/m1/s1. The number of benzene rings is 2. The third kappa shape index (κ3) is 6.73. The third-order valence-corrected chi connectivity index (χ3v) is 6.42. The molecular weight excluding hydrogens is 498 g/mol. The summed E-state index contributed by atoms with van der Waals surface area (Å²) in [6, 6.07) is 19.1. The van der Waals surface area contributed by atoms with E-state index in [1.807, 2.05) is 54.6 Å². The lowest BCUT2D eigenvalue weighted by Gasteiger charge is -2.44. The van der Waals surface area contributed by atoms with Gasteiger partial charge in [0.25, 0.3) is 0 Å². The van der Waals surface area contributed by atoms with E-state index in [1.165, 1.54) is 9.80 Å². The molecular formula is C30H33N3O6. The summed E-state index contributed by atoms with van der Waals surface area (Å²) in [7, 11) is 1.58. The quantitative estimate of drug-likeness (QED) is 0.399. The Morgan fingerprint density at radius 3 is 2.31 bits per heavy atom. The minimum absolute atomic E-state index is 0.195. The SMILES string of the molecule is COc1ccc(CN(C(=O)OC(C)(C)C)c2cc(C[C@H]3C(=O)N(Cc4ccccc4)[C@@H]3C(=O)O)ccn2)cc1. The van der Waals surface area contributed by atoms with Crippen LogP contribution in [0.2, 0.25) is 0 Å². The number of hydrogen-bond acceptors (Lipinski definition) is 6. The molecule has 9 nitrogen and oxygen atoms in total. The molecule has 1 aliphatic rings. The normalized spacial score (nSPS) is 16.8. The number of methoxy groups -OCH3 is 1. The molecule has 39 heavy (non-hydrogen) atoms. The molecule has 0 unspecified atom stereocenters. The van der Waals surface area contributed by atoms with Gasteiger partial charge in [0.1, 0.15) is 23.2 Å². The fourth-order valence-electron chi connectivity index (χ4n) is 4.54. The van der Waals surface area contributed by atoms with Gasteiger partial charge in [-0.05, 0) is 68.1 Å². The van der Waals surface area contributed by atoms with Gasteiger partial charge >= 0.3 is 12.1 Å². The average Bonchev–Trinajstić information content (AvgIpc) is 2.90. The zero-order chi connectivity index (χ0) is 28.2. The number of amides is 2. The molecule has 2 aromatic carbocycles. The summed E-state index contributed by atoms with van der Waals surface area (Å²) in [5.74, 6) is -0.927. The highest BCUT2D eigenvalue weighted by atomic mass is 16.6. The smallest absolute Gasteiger partial charge is 0.416 e. The van der Waals surface area contributed by atoms with E-state index in [-0.39, 0.29) is 25.4 Å². The van der Waals surface area contributed by atoms with Crippen molar-refractivity contribution in [1.29, 1.82) is 0 Å². The third-order valence-electron chi connectivity index (χ3n) is 6.42. The Balaban J connectivity index is 1.55. The van der Waals surface area contributed by atoms with Gasteiger partial charge < -0.3 is 19.5 Å². The number of pyridine rings is 1. The maximum atomic E-state index is 13.2. The molecule has 3 aromatic rings. The van der Waals surface area contributed by atoms with Gasteiger partial charge in [0, 0.05) is 12.7 Å². The summed E-state index contributed by atoms with van der Waals surface area (Å²) < 4.78 is 10.9. The molecule has 1 N–H and O–H groups in total. The topological polar surface area (TPSA) is 109 Å². The highest BCUT2D eigenvalue weighted by Gasteiger charge is 2.51. The van der Waals surface area contributed by atoms with E-state index in [9.17, 15) is 19.5 Å². The Morgan fingerprint density at radius 1 is 1.00 bits per heavy atom. The van der Waals surface area contributed by atoms with E-state index in [1.54, 1.807) is 46.2 Å². The summed E-state index contributed by atoms with van der Waals surface area (Å²) in [5.41, 5.74) is 1.69. The first-order valence-electron chi connectivity index (χ1n) is 12.7. The van der Waals surface area contributed by atoms with Crippen LogP contribution < -0.4 is 9.64 Å². The van der Waals surface area contributed by atoms with Gasteiger partial charge in [-0.15, -0.1) is 0 Å². The number of nitrogens with zero attached hydrogens (tertiary/aromatic N) is 3. The van der Waals surface area contributed by atoms with Crippen molar-refractivity contribution in [2.75, 3.05) is 12.0 Å². The van der Waals surface area contributed by atoms with Crippen molar-refractivity contribution >= 4 is 23.8 Å². The zero-order valence-electron chi connectivity index (χ0n) is 22.5. The Morgan fingerprint density at radius 2 is 1.69 bits per heavy atom. The Labute approximate surface area is 228 Å². The van der Waals surface area contributed by atoms with E-state index in [2.05, 4.69) is 4.98 Å². The maximum Gasteiger partial charge on any atom is 0.416 e. The number of rotatable bonds is 9. The second-order valence-electron chi connectivity index (χ2n) is 10.5. The van der Waals surface area contributed by atoms with E-state index >= 15 is 0 Å². The number of carbonyl (C=O) groups is 3. The van der Waals surface area contributed by atoms with Crippen LogP contribution in [0.1, 0.15) is 37.5 Å². The van der Waals surface area contributed by atoms with Crippen LogP contribution in [0.4, 0.5) is 10.6 Å². The molecule has 0 aliphatic carbocycles. The Bertz CT molecular complexity index is 1320. The van der Waals surface area contributed by atoms with E-state index < -0.39 is 29.6 Å². The number of ether oxygens (including phenoxy) is 2. The predicted molar refractivity (Wildman–Crippen MR) is 145 cm³/mol. The highest BCUT2D eigenvalue weighted by molar-refractivity contribution is 5.96. The van der Waals surface area contributed by atoms with Crippen molar-refractivity contribution in [2.24, 2.45) is 5.92 Å². The second kappa shape index (κ2) is 11.6. The van der Waals surface area contributed by atoms with Gasteiger partial charge in [-0.2, -0.15) is 0 Å². The molecule has 0 spiro atoms. The molecule has 204 valence electrons. The van der Waals surface area contributed by atoms with Gasteiger partial charge in [0.2, 0.25) is 5.91 Å². The van der Waals surface area contributed by atoms with Crippen LogP contribution >= 0.6 is 0 Å². The van der Waals surface area contributed by atoms with Gasteiger partial charge in [-0.25, -0.2) is 14.6 Å². The largest absolute Gasteiger partial charge is 0.497 e. The number of aliphatic carboxylic acids is 1. The van der Waals surface area contributed by atoms with E-state index in [0.717, 1.165) is 11.1 Å². The van der Waals surface area contributed by atoms with Crippen LogP contribution in [0, 0.1) is 5.92 Å². The van der Waals surface area contributed by atoms with Crippen LogP contribution in [0.15, 0.2) is 72.9 Å². The Hall–Kier alpha value is -4.40. The lowest BCUT2D eigenvalue weighted by Crippen LogP contribution is -2.64. The predicted octanol–water partition coefficient (Wildman–Crippen LogP) is 4.69. The van der Waals surface area contributed by atoms with Crippen LogP contribution in [-0.2, 0) is 33.8 Å². The first-order chi connectivity index (χ1) is 18.6. The number of anilines is 1. The number of aromatic nitrogens is 1. The monoisotopic (exact) mass is 531 g/mol. The molecule has 9 heteroatoms. The number of β-lactam (4-membered cyclic amide) rings is 1. The van der Waals surface area contributed by atoms with Crippen molar-refractivity contribution in [3.8, 4) is 5.75 Å². The second-order valence-corrected chi connectivity index (χ2v) is 10.5. The van der Waals surface area contributed by atoms with Gasteiger partial charge in [-0.1, -0.05) is 42.5 Å². The first-order valence-corrected chi connectivity index (χ1v) is 12.7. The van der Waals surface area contributed by atoms with Crippen LogP contribution in [-0.4, -0.2) is 51.7 Å². The molecule has 2 heterocycles. The van der Waals surface area contributed by atoms with Crippen molar-refractivity contribution in [1.82, 2.24) is 9.88 Å². The molecule has 0 saturated carbocycles. The number of carboxylic acid groups (broad SMARTS) is 1. The van der Waals surface area contributed by atoms with E-state index in [0.29, 0.717) is 17.1 Å². The van der Waals surface area contributed by atoms with Crippen LogP contribution in [0.3, 0.4) is 0 Å². The number of carboxylic acids is 1. The summed E-state index contributed by atoms with van der Waals surface area (Å²) >= 11 is 0. The molecule has 1 aliphatic heterocycles. The molecule has 2 atom stereocenters. The minimum atomic E-state index is -1.04. The molecule has 2 amide bonds. The number of likely N-dealkylation sites (tertiary alicyclic amines) is 1. The molecule has 1 saturated heterocycles. The van der Waals surface area contributed by atoms with Crippen molar-refractivity contribution in [3.63, 3.8) is 0 Å². The first kappa shape index (κ1) is 27.6. The lowest BCUT2D eigenvalue weighted by atomic mass is 9.82. The van der Waals surface area contributed by atoms with Crippen molar-refractivity contribution < 1.29 is 29.0 Å².